The molecule has 0 unspecified atom stereocenters. The van der Waals surface area contributed by atoms with E-state index in [1.165, 1.54) is 0 Å². The monoisotopic (exact) mass is 555 g/mol. The van der Waals surface area contributed by atoms with E-state index in [-0.39, 0.29) is 24.2 Å². The Labute approximate surface area is 237 Å². The minimum atomic E-state index is -0.355. The Hall–Kier alpha value is -4.18. The van der Waals surface area contributed by atoms with Crippen molar-refractivity contribution in [1.82, 2.24) is 34.0 Å². The molecule has 3 aliphatic heterocycles. The number of carbonyl (C=O) groups is 2. The molecule has 0 aliphatic carbocycles. The normalized spacial score (nSPS) is 18.2. The van der Waals surface area contributed by atoms with Gasteiger partial charge in [-0.15, -0.1) is 0 Å². The van der Waals surface area contributed by atoms with Crippen molar-refractivity contribution in [2.75, 3.05) is 46.8 Å². The summed E-state index contributed by atoms with van der Waals surface area (Å²) in [6.07, 6.45) is 7.61. The quantitative estimate of drug-likeness (QED) is 0.416. The standard InChI is InChI=1S/C31H34FN7O2/c1-35(2)17-20-6-9-36(10-7-20)31(41)38-12-11-37-19-24(23-14-22(32)13-21(18-38)30(23)37)29-28(26(40)16-34-29)25-15-33-27-5-3-4-8-39(25)27/h3-5,8,13-15,19-20,34H,6-7,9-12,16-18H2,1-2H3. The van der Waals surface area contributed by atoms with Gasteiger partial charge in [0.05, 0.1) is 35.2 Å². The van der Waals surface area contributed by atoms with Gasteiger partial charge in [-0.3, -0.25) is 9.20 Å². The average molecular weight is 556 g/mol. The minimum Gasteiger partial charge on any atom is -0.376 e. The molecule has 0 bridgehead atoms. The Morgan fingerprint density at radius 2 is 1.95 bits per heavy atom. The maximum Gasteiger partial charge on any atom is 0.320 e. The molecular weight excluding hydrogens is 521 g/mol. The van der Waals surface area contributed by atoms with E-state index in [4.69, 9.17) is 0 Å². The lowest BCUT2D eigenvalue weighted by Crippen LogP contribution is -2.47. The van der Waals surface area contributed by atoms with Crippen molar-refractivity contribution in [3.63, 3.8) is 0 Å². The van der Waals surface area contributed by atoms with E-state index in [1.807, 2.05) is 44.8 Å². The fraction of sp³-hybridized carbons (Fsp3) is 0.387. The molecule has 0 saturated carbocycles. The summed E-state index contributed by atoms with van der Waals surface area (Å²) in [6.45, 7) is 4.19. The van der Waals surface area contributed by atoms with Gasteiger partial charge in [-0.25, -0.2) is 14.2 Å². The summed E-state index contributed by atoms with van der Waals surface area (Å²) in [5, 5.41) is 4.03. The van der Waals surface area contributed by atoms with E-state index in [0.717, 1.165) is 60.2 Å². The number of likely N-dealkylation sites (tertiary alicyclic amines) is 1. The van der Waals surface area contributed by atoms with Crippen LogP contribution < -0.4 is 5.32 Å². The molecule has 1 saturated heterocycles. The Bertz CT molecular complexity index is 1710. The van der Waals surface area contributed by atoms with Gasteiger partial charge in [0.2, 0.25) is 0 Å². The molecule has 3 aliphatic rings. The average Bonchev–Trinajstić information content (AvgIpc) is 3.61. The molecule has 7 rings (SSSR count). The second kappa shape index (κ2) is 10.0. The zero-order valence-corrected chi connectivity index (χ0v) is 23.4. The number of aromatic nitrogens is 3. The number of halogens is 1. The summed E-state index contributed by atoms with van der Waals surface area (Å²) in [4.78, 5) is 37.2. The highest BCUT2D eigenvalue weighted by Gasteiger charge is 2.32. The van der Waals surface area contributed by atoms with Crippen LogP contribution in [0.25, 0.3) is 27.8 Å². The van der Waals surface area contributed by atoms with Crippen LogP contribution in [0, 0.1) is 11.7 Å². The van der Waals surface area contributed by atoms with Gasteiger partial charge in [0.1, 0.15) is 11.5 Å². The predicted octanol–water partition coefficient (Wildman–Crippen LogP) is 3.68. The number of imidazole rings is 1. The second-order valence-electron chi connectivity index (χ2n) is 11.7. The smallest absolute Gasteiger partial charge is 0.320 e. The van der Waals surface area contributed by atoms with E-state index >= 15 is 4.39 Å². The van der Waals surface area contributed by atoms with Gasteiger partial charge in [-0.1, -0.05) is 6.07 Å². The fourth-order valence-electron chi connectivity index (χ4n) is 6.79. The van der Waals surface area contributed by atoms with Gasteiger partial charge in [0.15, 0.2) is 5.78 Å². The zero-order chi connectivity index (χ0) is 28.2. The molecule has 6 heterocycles. The van der Waals surface area contributed by atoms with Gasteiger partial charge < -0.3 is 24.6 Å². The summed E-state index contributed by atoms with van der Waals surface area (Å²) >= 11 is 0. The van der Waals surface area contributed by atoms with E-state index in [0.29, 0.717) is 42.5 Å². The van der Waals surface area contributed by atoms with Crippen molar-refractivity contribution < 1.29 is 14.0 Å². The van der Waals surface area contributed by atoms with Crippen molar-refractivity contribution in [3.8, 4) is 0 Å². The maximum atomic E-state index is 15.2. The largest absolute Gasteiger partial charge is 0.376 e. The molecule has 9 nitrogen and oxygen atoms in total. The van der Waals surface area contributed by atoms with Crippen LogP contribution in [0.1, 0.15) is 29.7 Å². The summed E-state index contributed by atoms with van der Waals surface area (Å²) in [5.41, 5.74) is 5.19. The third-order valence-electron chi connectivity index (χ3n) is 8.66. The van der Waals surface area contributed by atoms with Crippen LogP contribution in [-0.2, 0) is 17.9 Å². The Morgan fingerprint density at radius 3 is 2.76 bits per heavy atom. The minimum absolute atomic E-state index is 0.0253. The number of carbonyl (C=O) groups excluding carboxylic acids is 2. The molecule has 0 spiro atoms. The highest BCUT2D eigenvalue weighted by Crippen LogP contribution is 2.37. The van der Waals surface area contributed by atoms with Crippen molar-refractivity contribution in [3.05, 3.63) is 71.6 Å². The highest BCUT2D eigenvalue weighted by molar-refractivity contribution is 6.32. The molecule has 0 atom stereocenters. The summed E-state index contributed by atoms with van der Waals surface area (Å²) in [6, 6.07) is 8.83. The number of piperidine rings is 1. The third kappa shape index (κ3) is 4.46. The number of amides is 2. The van der Waals surface area contributed by atoms with Crippen LogP contribution in [0.4, 0.5) is 9.18 Å². The number of hydrogen-bond donors (Lipinski definition) is 1. The summed E-state index contributed by atoms with van der Waals surface area (Å²) in [5.74, 6) is 0.226. The summed E-state index contributed by atoms with van der Waals surface area (Å²) in [7, 11) is 4.18. The van der Waals surface area contributed by atoms with Crippen LogP contribution >= 0.6 is 0 Å². The molecule has 0 radical (unpaired) electrons. The van der Waals surface area contributed by atoms with Crippen molar-refractivity contribution in [2.45, 2.75) is 25.9 Å². The molecule has 1 N–H and O–H groups in total. The number of urea groups is 1. The Kier molecular flexibility index (Phi) is 6.30. The predicted molar refractivity (Wildman–Crippen MR) is 156 cm³/mol. The first-order chi connectivity index (χ1) is 19.9. The Balaban J connectivity index is 1.23. The molecular formula is C31H34FN7O2. The van der Waals surface area contributed by atoms with Crippen molar-refractivity contribution in [2.24, 2.45) is 5.92 Å². The number of nitrogens with zero attached hydrogens (tertiary/aromatic N) is 6. The van der Waals surface area contributed by atoms with Crippen molar-refractivity contribution >= 4 is 39.6 Å². The maximum absolute atomic E-state index is 15.2. The number of hydrogen-bond acceptors (Lipinski definition) is 5. The molecule has 3 aromatic heterocycles. The number of nitrogens with one attached hydrogen (secondary N) is 1. The van der Waals surface area contributed by atoms with Gasteiger partial charge in [0, 0.05) is 62.6 Å². The van der Waals surface area contributed by atoms with Gasteiger partial charge >= 0.3 is 6.03 Å². The SMILES string of the molecule is CN(C)CC1CCN(C(=O)N2CCn3cc(C4=C(c5cnc6ccccn56)C(=O)CN4)c4cc(F)cc(c43)C2)CC1. The molecule has 212 valence electrons. The van der Waals surface area contributed by atoms with Crippen LogP contribution in [0.3, 0.4) is 0 Å². The number of ketones is 1. The Morgan fingerprint density at radius 1 is 1.12 bits per heavy atom. The third-order valence-corrected chi connectivity index (χ3v) is 8.66. The first kappa shape index (κ1) is 25.8. The van der Waals surface area contributed by atoms with Crippen LogP contribution in [0.2, 0.25) is 0 Å². The van der Waals surface area contributed by atoms with Gasteiger partial charge in [-0.2, -0.15) is 0 Å². The van der Waals surface area contributed by atoms with E-state index in [9.17, 15) is 9.59 Å². The number of Topliss-reactive ketones (excluding diaryl/α,β-unsaturated/α-hetero) is 1. The van der Waals surface area contributed by atoms with Gasteiger partial charge in [0.25, 0.3) is 0 Å². The topological polar surface area (TPSA) is 78.1 Å². The first-order valence-corrected chi connectivity index (χ1v) is 14.3. The lowest BCUT2D eigenvalue weighted by Gasteiger charge is -2.36. The molecule has 4 aromatic rings. The van der Waals surface area contributed by atoms with Gasteiger partial charge in [-0.05, 0) is 62.7 Å². The molecule has 41 heavy (non-hydrogen) atoms. The number of fused-ring (bicyclic) bond motifs is 1. The van der Waals surface area contributed by atoms with E-state index in [1.54, 1.807) is 18.3 Å². The van der Waals surface area contributed by atoms with Crippen LogP contribution in [0.15, 0.2) is 48.9 Å². The first-order valence-electron chi connectivity index (χ1n) is 14.3. The van der Waals surface area contributed by atoms with Crippen molar-refractivity contribution in [1.29, 1.82) is 0 Å². The zero-order valence-electron chi connectivity index (χ0n) is 23.4. The lowest BCUT2D eigenvalue weighted by atomic mass is 9.96. The lowest BCUT2D eigenvalue weighted by molar-refractivity contribution is -0.112. The second-order valence-corrected chi connectivity index (χ2v) is 11.7. The highest BCUT2D eigenvalue weighted by atomic mass is 19.1. The number of benzene rings is 1. The van der Waals surface area contributed by atoms with Crippen LogP contribution in [-0.4, -0.2) is 87.3 Å². The molecule has 1 aromatic carbocycles. The fourth-order valence-corrected chi connectivity index (χ4v) is 6.79. The number of rotatable bonds is 4. The van der Waals surface area contributed by atoms with E-state index < -0.39 is 0 Å². The molecule has 10 heteroatoms. The number of pyridine rings is 1. The molecule has 2 amide bonds. The van der Waals surface area contributed by atoms with Crippen LogP contribution in [0.5, 0.6) is 0 Å². The molecule has 1 fully saturated rings. The summed E-state index contributed by atoms with van der Waals surface area (Å²) < 4.78 is 19.2. The van der Waals surface area contributed by atoms with E-state index in [2.05, 4.69) is 33.9 Å².